The monoisotopic (exact) mass is 304 g/mol. The van der Waals surface area contributed by atoms with Gasteiger partial charge in [0.25, 0.3) is 0 Å². The van der Waals surface area contributed by atoms with Crippen molar-refractivity contribution in [2.24, 2.45) is 7.05 Å². The Hall–Kier alpha value is -1.08. The fourth-order valence-corrected chi connectivity index (χ4v) is 2.90. The number of aryl methyl sites for hydroxylation is 1. The zero-order valence-electron chi connectivity index (χ0n) is 12.7. The normalized spacial score (nSPS) is 19.9. The van der Waals surface area contributed by atoms with Crippen LogP contribution in [0.15, 0.2) is 6.20 Å². The number of aromatic nitrogens is 2. The second-order valence-corrected chi connectivity index (χ2v) is 5.86. The predicted molar refractivity (Wildman–Crippen MR) is 75.0 cm³/mol. The van der Waals surface area contributed by atoms with Crippen molar-refractivity contribution in [2.75, 3.05) is 19.6 Å². The van der Waals surface area contributed by atoms with Crippen molar-refractivity contribution in [3.8, 4) is 0 Å². The van der Waals surface area contributed by atoms with E-state index < -0.39 is 12.7 Å². The van der Waals surface area contributed by atoms with Crippen LogP contribution >= 0.6 is 0 Å². The van der Waals surface area contributed by atoms with Crippen molar-refractivity contribution in [3.05, 3.63) is 17.5 Å². The minimum Gasteiger partial charge on any atom is -0.307 e. The summed E-state index contributed by atoms with van der Waals surface area (Å²) in [4.78, 5) is 1.48. The van der Waals surface area contributed by atoms with Crippen LogP contribution in [-0.4, -0.2) is 46.5 Å². The van der Waals surface area contributed by atoms with Crippen molar-refractivity contribution >= 4 is 0 Å². The third kappa shape index (κ3) is 4.44. The maximum Gasteiger partial charge on any atom is 0.401 e. The topological polar surface area (TPSA) is 33.1 Å². The van der Waals surface area contributed by atoms with Gasteiger partial charge in [0.05, 0.1) is 12.7 Å². The highest BCUT2D eigenvalue weighted by atomic mass is 19.4. The van der Waals surface area contributed by atoms with Gasteiger partial charge < -0.3 is 5.32 Å². The first-order valence-corrected chi connectivity index (χ1v) is 7.30. The molecule has 1 saturated heterocycles. The average Bonchev–Trinajstić information content (AvgIpc) is 2.71. The smallest absolute Gasteiger partial charge is 0.307 e. The lowest BCUT2D eigenvalue weighted by Crippen LogP contribution is -2.46. The van der Waals surface area contributed by atoms with Gasteiger partial charge in [-0.2, -0.15) is 18.3 Å². The average molecular weight is 304 g/mol. The van der Waals surface area contributed by atoms with Gasteiger partial charge in [-0.15, -0.1) is 0 Å². The van der Waals surface area contributed by atoms with Gasteiger partial charge >= 0.3 is 6.18 Å². The van der Waals surface area contributed by atoms with Gasteiger partial charge in [-0.05, 0) is 39.8 Å². The van der Waals surface area contributed by atoms with E-state index in [4.69, 9.17) is 0 Å². The van der Waals surface area contributed by atoms with Gasteiger partial charge in [0, 0.05) is 30.4 Å². The quantitative estimate of drug-likeness (QED) is 0.927. The molecule has 0 bridgehead atoms. The molecule has 1 aliphatic rings. The van der Waals surface area contributed by atoms with E-state index in [0.717, 1.165) is 24.1 Å². The Kier molecular flexibility index (Phi) is 4.93. The fourth-order valence-electron chi connectivity index (χ4n) is 2.90. The van der Waals surface area contributed by atoms with Gasteiger partial charge in [-0.3, -0.25) is 9.58 Å². The molecule has 1 aromatic rings. The van der Waals surface area contributed by atoms with Crippen LogP contribution in [0.4, 0.5) is 13.2 Å². The first-order valence-electron chi connectivity index (χ1n) is 7.30. The summed E-state index contributed by atoms with van der Waals surface area (Å²) in [6.07, 6.45) is -0.744. The number of hydrogen-bond donors (Lipinski definition) is 1. The van der Waals surface area contributed by atoms with Crippen LogP contribution in [-0.2, 0) is 7.05 Å². The van der Waals surface area contributed by atoms with Crippen molar-refractivity contribution in [2.45, 2.75) is 44.9 Å². The number of nitrogens with one attached hydrogen (secondary N) is 1. The predicted octanol–water partition coefficient (Wildman–Crippen LogP) is 2.41. The highest BCUT2D eigenvalue weighted by Gasteiger charge is 2.32. The minimum absolute atomic E-state index is 0.165. The molecule has 1 fully saturated rings. The van der Waals surface area contributed by atoms with Crippen molar-refractivity contribution in [1.82, 2.24) is 20.0 Å². The summed E-state index contributed by atoms with van der Waals surface area (Å²) in [6, 6.07) is 0.432. The van der Waals surface area contributed by atoms with Crippen LogP contribution < -0.4 is 5.32 Å². The molecule has 1 unspecified atom stereocenters. The molecular weight excluding hydrogens is 281 g/mol. The van der Waals surface area contributed by atoms with Crippen LogP contribution in [0, 0.1) is 6.92 Å². The highest BCUT2D eigenvalue weighted by Crippen LogP contribution is 2.22. The van der Waals surface area contributed by atoms with E-state index in [2.05, 4.69) is 17.3 Å². The molecule has 120 valence electrons. The summed E-state index contributed by atoms with van der Waals surface area (Å²) in [7, 11) is 1.90. The number of rotatable bonds is 4. The Balaban J connectivity index is 1.82. The lowest BCUT2D eigenvalue weighted by molar-refractivity contribution is -0.148. The van der Waals surface area contributed by atoms with Gasteiger partial charge in [-0.25, -0.2) is 0 Å². The Morgan fingerprint density at radius 2 is 2.00 bits per heavy atom. The fraction of sp³-hybridized carbons (Fsp3) is 0.786. The molecule has 0 saturated carbocycles. The number of nitrogens with zero attached hydrogens (tertiary/aromatic N) is 3. The van der Waals surface area contributed by atoms with Gasteiger partial charge in [0.2, 0.25) is 0 Å². The van der Waals surface area contributed by atoms with E-state index in [9.17, 15) is 13.2 Å². The molecule has 0 radical (unpaired) electrons. The maximum atomic E-state index is 12.3. The highest BCUT2D eigenvalue weighted by molar-refractivity contribution is 5.19. The second-order valence-electron chi connectivity index (χ2n) is 5.86. The lowest BCUT2D eigenvalue weighted by atomic mass is 10.0. The van der Waals surface area contributed by atoms with Crippen LogP contribution in [0.25, 0.3) is 0 Å². The maximum absolute atomic E-state index is 12.3. The summed E-state index contributed by atoms with van der Waals surface area (Å²) >= 11 is 0. The zero-order chi connectivity index (χ0) is 15.6. The van der Waals surface area contributed by atoms with E-state index in [1.165, 1.54) is 4.90 Å². The van der Waals surface area contributed by atoms with Crippen molar-refractivity contribution in [3.63, 3.8) is 0 Å². The van der Waals surface area contributed by atoms with Crippen LogP contribution in [0.5, 0.6) is 0 Å². The largest absolute Gasteiger partial charge is 0.401 e. The number of likely N-dealkylation sites (tertiary alicyclic amines) is 1. The number of hydrogen-bond acceptors (Lipinski definition) is 3. The molecule has 1 aliphatic heterocycles. The summed E-state index contributed by atoms with van der Waals surface area (Å²) < 4.78 is 38.9. The molecule has 0 aromatic carbocycles. The molecule has 21 heavy (non-hydrogen) atoms. The molecule has 1 aromatic heterocycles. The third-order valence-corrected chi connectivity index (χ3v) is 4.22. The van der Waals surface area contributed by atoms with E-state index in [0.29, 0.717) is 13.1 Å². The number of piperidine rings is 1. The van der Waals surface area contributed by atoms with Crippen molar-refractivity contribution < 1.29 is 13.2 Å². The van der Waals surface area contributed by atoms with E-state index >= 15 is 0 Å². The van der Waals surface area contributed by atoms with Crippen LogP contribution in [0.1, 0.15) is 37.1 Å². The van der Waals surface area contributed by atoms with Gasteiger partial charge in [0.1, 0.15) is 0 Å². The molecule has 4 nitrogen and oxygen atoms in total. The molecule has 1 atom stereocenters. The Bertz CT molecular complexity index is 461. The summed E-state index contributed by atoms with van der Waals surface area (Å²) in [5, 5.41) is 7.74. The van der Waals surface area contributed by atoms with Gasteiger partial charge in [0.15, 0.2) is 0 Å². The summed E-state index contributed by atoms with van der Waals surface area (Å²) in [5.74, 6) is 0. The van der Waals surface area contributed by atoms with E-state index in [1.54, 1.807) is 0 Å². The molecule has 7 heteroatoms. The molecule has 2 rings (SSSR count). The number of alkyl halides is 3. The lowest BCUT2D eigenvalue weighted by Gasteiger charge is -2.34. The van der Waals surface area contributed by atoms with E-state index in [-0.39, 0.29) is 12.1 Å². The van der Waals surface area contributed by atoms with Crippen LogP contribution in [0.2, 0.25) is 0 Å². The van der Waals surface area contributed by atoms with Crippen molar-refractivity contribution in [1.29, 1.82) is 0 Å². The Labute approximate surface area is 123 Å². The third-order valence-electron chi connectivity index (χ3n) is 4.22. The molecule has 0 spiro atoms. The molecule has 2 heterocycles. The molecule has 0 amide bonds. The first kappa shape index (κ1) is 16.3. The SMILES string of the molecule is Cc1c(C(C)NC2CCN(CC(F)(F)F)CC2)cnn1C. The summed E-state index contributed by atoms with van der Waals surface area (Å²) in [5.41, 5.74) is 2.26. The Morgan fingerprint density at radius 1 is 1.38 bits per heavy atom. The summed E-state index contributed by atoms with van der Waals surface area (Å²) in [6.45, 7) is 4.29. The van der Waals surface area contributed by atoms with Crippen LogP contribution in [0.3, 0.4) is 0 Å². The van der Waals surface area contributed by atoms with Gasteiger partial charge in [-0.1, -0.05) is 0 Å². The first-order chi connectivity index (χ1) is 9.76. The van der Waals surface area contributed by atoms with E-state index in [1.807, 2.05) is 24.9 Å². The molecule has 0 aliphatic carbocycles. The Morgan fingerprint density at radius 3 is 2.48 bits per heavy atom. The molecular formula is C14H23F3N4. The molecule has 1 N–H and O–H groups in total. The minimum atomic E-state index is -4.10. The zero-order valence-corrected chi connectivity index (χ0v) is 12.7. The second kappa shape index (κ2) is 6.36. The standard InChI is InChI=1S/C14H23F3N4/c1-10(13-8-18-20(3)11(13)2)19-12-4-6-21(7-5-12)9-14(15,16)17/h8,10,12,19H,4-7,9H2,1-3H3. The number of halogens is 3.